The van der Waals surface area contributed by atoms with Crippen molar-refractivity contribution in [3.63, 3.8) is 0 Å². The first kappa shape index (κ1) is 24.0. The van der Waals surface area contributed by atoms with E-state index in [1.165, 1.54) is 29.6 Å². The molecule has 0 radical (unpaired) electrons. The number of hydrogen-bond donors (Lipinski definition) is 1. The van der Waals surface area contributed by atoms with E-state index in [0.29, 0.717) is 16.7 Å². The highest BCUT2D eigenvalue weighted by Gasteiger charge is 2.60. The summed E-state index contributed by atoms with van der Waals surface area (Å²) in [4.78, 5) is 30.8. The predicted octanol–water partition coefficient (Wildman–Crippen LogP) is 3.57. The van der Waals surface area contributed by atoms with E-state index in [-0.39, 0.29) is 16.5 Å². The molecule has 2 atom stereocenters. The van der Waals surface area contributed by atoms with Crippen LogP contribution in [0, 0.1) is 5.95 Å². The van der Waals surface area contributed by atoms with Crippen LogP contribution < -0.4 is 5.73 Å². The third-order valence-corrected chi connectivity index (χ3v) is 6.31. The number of benzene rings is 1. The van der Waals surface area contributed by atoms with Crippen LogP contribution in [-0.4, -0.2) is 57.0 Å². The van der Waals surface area contributed by atoms with Gasteiger partial charge in [-0.3, -0.25) is 9.78 Å². The fourth-order valence-corrected chi connectivity index (χ4v) is 4.95. The van der Waals surface area contributed by atoms with Gasteiger partial charge in [0.15, 0.2) is 17.7 Å². The first-order valence-electron chi connectivity index (χ1n) is 10.9. The molecule has 2 aromatic heterocycles. The zero-order chi connectivity index (χ0) is 25.7. The summed E-state index contributed by atoms with van der Waals surface area (Å²) in [5.74, 6) is -4.90. The van der Waals surface area contributed by atoms with Gasteiger partial charge in [0.05, 0.1) is 11.6 Å². The Balaban J connectivity index is 1.74. The summed E-state index contributed by atoms with van der Waals surface area (Å²) in [7, 11) is 0. The molecule has 5 rings (SSSR count). The van der Waals surface area contributed by atoms with E-state index in [1.54, 1.807) is 36.4 Å². The van der Waals surface area contributed by atoms with E-state index < -0.39 is 42.6 Å². The summed E-state index contributed by atoms with van der Waals surface area (Å²) in [6, 6.07) is 11.5. The second-order valence-electron chi connectivity index (χ2n) is 8.56. The number of pyridine rings is 2. The number of aromatic nitrogens is 2. The molecule has 1 fully saturated rings. The van der Waals surface area contributed by atoms with Crippen LogP contribution in [0.2, 0.25) is 5.02 Å². The van der Waals surface area contributed by atoms with Crippen molar-refractivity contribution in [3.8, 4) is 11.1 Å². The summed E-state index contributed by atoms with van der Waals surface area (Å²) >= 11 is 6.05. The minimum atomic E-state index is -3.24. The molecule has 1 saturated heterocycles. The third-order valence-electron chi connectivity index (χ3n) is 6.10. The average molecular weight is 517 g/mol. The number of carbonyl (C=O) groups excluding carboxylic acids is 1. The van der Waals surface area contributed by atoms with Crippen LogP contribution in [-0.2, 0) is 15.2 Å². The largest absolute Gasteiger partial charge is 0.370 e. The number of halogens is 4. The van der Waals surface area contributed by atoms with Crippen molar-refractivity contribution < 1.29 is 22.8 Å². The van der Waals surface area contributed by atoms with Gasteiger partial charge in [-0.05, 0) is 41.0 Å². The van der Waals surface area contributed by atoms with E-state index in [2.05, 4.69) is 9.97 Å². The number of carbonyl (C=O) groups is 1. The van der Waals surface area contributed by atoms with E-state index in [4.69, 9.17) is 27.2 Å². The maximum Gasteiger partial charge on any atom is 0.322 e. The van der Waals surface area contributed by atoms with Crippen molar-refractivity contribution in [2.75, 3.05) is 13.1 Å². The second-order valence-corrected chi connectivity index (χ2v) is 9.00. The van der Waals surface area contributed by atoms with Crippen molar-refractivity contribution in [2.24, 2.45) is 10.7 Å². The lowest BCUT2D eigenvalue weighted by Crippen LogP contribution is -2.66. The van der Waals surface area contributed by atoms with Crippen molar-refractivity contribution >= 4 is 23.5 Å². The molecule has 12 heteroatoms. The van der Waals surface area contributed by atoms with Gasteiger partial charge >= 0.3 is 5.97 Å². The fraction of sp³-hybridized carbons (Fsp3) is 0.250. The Bertz CT molecular complexity index is 1360. The summed E-state index contributed by atoms with van der Waals surface area (Å²) in [5, 5.41) is 1.15. The monoisotopic (exact) mass is 516 g/mol. The molecule has 3 aromatic rings. The van der Waals surface area contributed by atoms with E-state index in [0.717, 1.165) is 12.0 Å². The Morgan fingerprint density at radius 3 is 2.64 bits per heavy atom. The van der Waals surface area contributed by atoms with Crippen LogP contribution in [0.5, 0.6) is 0 Å². The maximum absolute atomic E-state index is 14.7. The third kappa shape index (κ3) is 4.03. The highest BCUT2D eigenvalue weighted by atomic mass is 35.5. The van der Waals surface area contributed by atoms with Crippen LogP contribution in [0.3, 0.4) is 0 Å². The Morgan fingerprint density at radius 1 is 1.17 bits per heavy atom. The van der Waals surface area contributed by atoms with Crippen molar-refractivity contribution in [1.29, 1.82) is 0 Å². The van der Waals surface area contributed by atoms with Gasteiger partial charge in [0.25, 0.3) is 5.92 Å². The molecule has 0 saturated carbocycles. The van der Waals surface area contributed by atoms with Crippen molar-refractivity contribution in [2.45, 2.75) is 24.6 Å². The lowest BCUT2D eigenvalue weighted by atomic mass is 9.79. The van der Waals surface area contributed by atoms with Gasteiger partial charge in [0.2, 0.25) is 5.95 Å². The molecule has 2 aliphatic heterocycles. The molecule has 36 heavy (non-hydrogen) atoms. The summed E-state index contributed by atoms with van der Waals surface area (Å²) in [6.45, 7) is -0.472. The Kier molecular flexibility index (Phi) is 5.84. The number of aliphatic imine (C=N–C) groups is 1. The van der Waals surface area contributed by atoms with E-state index in [9.17, 15) is 18.0 Å². The van der Waals surface area contributed by atoms with Crippen LogP contribution in [0.15, 0.2) is 66.0 Å². The van der Waals surface area contributed by atoms with Gasteiger partial charge < -0.3 is 15.5 Å². The normalized spacial score (nSPS) is 23.2. The topological polar surface area (TPSA) is 96.9 Å². The molecular weight excluding hydrogens is 497 g/mol. The standard InChI is InChI=1S/C24H20ClF3N6O2/c1-14(35)36-34-13-23(27,28)12-33-21(34)24(32-22(33)29,16-5-7-30-8-6-16)17-4-2-3-15(9-17)19-10-18(25)11-31-20(19)26/h2-11,21H,12-13H2,1H3,(H2,29,32). The Hall–Kier alpha value is -3.70. The minimum absolute atomic E-state index is 0.146. The number of hydrogen-bond acceptors (Lipinski definition) is 8. The molecule has 0 aliphatic carbocycles. The summed E-state index contributed by atoms with van der Waals surface area (Å²) in [6.07, 6.45) is 3.20. The van der Waals surface area contributed by atoms with E-state index in [1.807, 2.05) is 0 Å². The predicted molar refractivity (Wildman–Crippen MR) is 125 cm³/mol. The van der Waals surface area contributed by atoms with Gasteiger partial charge in [0.1, 0.15) is 6.54 Å². The van der Waals surface area contributed by atoms with Crippen LogP contribution in [0.25, 0.3) is 11.1 Å². The number of hydroxylamine groups is 2. The summed E-state index contributed by atoms with van der Waals surface area (Å²) < 4.78 is 44.0. The zero-order valence-corrected chi connectivity index (χ0v) is 19.7. The molecule has 186 valence electrons. The molecular formula is C24H20ClF3N6O2. The number of nitrogens with zero attached hydrogens (tertiary/aromatic N) is 5. The molecule has 2 unspecified atom stereocenters. The molecule has 2 aliphatic rings. The first-order valence-corrected chi connectivity index (χ1v) is 11.3. The quantitative estimate of drug-likeness (QED) is 0.529. The maximum atomic E-state index is 14.7. The highest BCUT2D eigenvalue weighted by Crippen LogP contribution is 2.48. The molecule has 1 aromatic carbocycles. The second kappa shape index (κ2) is 8.75. The van der Waals surface area contributed by atoms with Crippen molar-refractivity contribution in [1.82, 2.24) is 19.9 Å². The molecule has 4 heterocycles. The SMILES string of the molecule is CC(=O)ON1CC(F)(F)CN2C(N)=NC(c3ccncc3)(c3cccc(-c4cc(Cl)cnc4F)c3)C12. The molecule has 0 spiro atoms. The van der Waals surface area contributed by atoms with Gasteiger partial charge in [-0.15, -0.1) is 5.06 Å². The van der Waals surface area contributed by atoms with Gasteiger partial charge in [-0.25, -0.2) is 18.8 Å². The Labute approximate surface area is 209 Å². The number of rotatable bonds is 4. The fourth-order valence-electron chi connectivity index (χ4n) is 4.79. The van der Waals surface area contributed by atoms with Gasteiger partial charge in [0, 0.05) is 31.1 Å². The number of alkyl halides is 2. The average Bonchev–Trinajstić information content (AvgIpc) is 3.13. The first-order chi connectivity index (χ1) is 17.1. The van der Waals surface area contributed by atoms with Crippen molar-refractivity contribution in [3.05, 3.63) is 83.2 Å². The number of fused-ring (bicyclic) bond motifs is 1. The van der Waals surface area contributed by atoms with Gasteiger partial charge in [-0.2, -0.15) is 4.39 Å². The molecule has 0 amide bonds. The smallest absolute Gasteiger partial charge is 0.322 e. The van der Waals surface area contributed by atoms with Gasteiger partial charge in [-0.1, -0.05) is 29.8 Å². The minimum Gasteiger partial charge on any atom is -0.370 e. The molecule has 8 nitrogen and oxygen atoms in total. The number of nitrogens with two attached hydrogens (primary N) is 1. The van der Waals surface area contributed by atoms with E-state index >= 15 is 0 Å². The van der Waals surface area contributed by atoms with Crippen LogP contribution in [0.4, 0.5) is 13.2 Å². The Morgan fingerprint density at radius 2 is 1.92 bits per heavy atom. The number of guanidine groups is 1. The van der Waals surface area contributed by atoms with Crippen LogP contribution >= 0.6 is 11.6 Å². The zero-order valence-electron chi connectivity index (χ0n) is 18.9. The molecule has 2 N–H and O–H groups in total. The highest BCUT2D eigenvalue weighted by molar-refractivity contribution is 6.30. The lowest BCUT2D eigenvalue weighted by Gasteiger charge is -2.47. The lowest BCUT2D eigenvalue weighted by molar-refractivity contribution is -0.263. The summed E-state index contributed by atoms with van der Waals surface area (Å²) in [5.41, 5.74) is 6.41. The van der Waals surface area contributed by atoms with Crippen LogP contribution in [0.1, 0.15) is 18.1 Å². The molecule has 0 bridgehead atoms.